The predicted octanol–water partition coefficient (Wildman–Crippen LogP) is 5.26. The number of benzene rings is 1. The third-order valence-corrected chi connectivity index (χ3v) is 5.33. The SMILES string of the molecule is Cc1cc(Nc2nc(C3CCN(C(=O)OC(C)(C)C)CC3)cc3cc(F)ccc23)n[nH]1. The third-order valence-electron chi connectivity index (χ3n) is 5.33. The number of carbonyl (C=O) groups is 1. The number of carbonyl (C=O) groups excluding carboxylic acids is 1. The van der Waals surface area contributed by atoms with E-state index in [4.69, 9.17) is 9.72 Å². The second-order valence-corrected chi connectivity index (χ2v) is 9.06. The highest BCUT2D eigenvalue weighted by atomic mass is 19.1. The van der Waals surface area contributed by atoms with Crippen molar-refractivity contribution in [2.24, 2.45) is 0 Å². The van der Waals surface area contributed by atoms with Crippen molar-refractivity contribution >= 4 is 28.5 Å². The molecule has 2 aromatic heterocycles. The molecule has 7 nitrogen and oxygen atoms in total. The van der Waals surface area contributed by atoms with Crippen LogP contribution in [-0.4, -0.2) is 44.9 Å². The van der Waals surface area contributed by atoms with Gasteiger partial charge in [-0.1, -0.05) is 0 Å². The lowest BCUT2D eigenvalue weighted by Crippen LogP contribution is -2.41. The van der Waals surface area contributed by atoms with E-state index in [1.807, 2.05) is 39.8 Å². The highest BCUT2D eigenvalue weighted by Gasteiger charge is 2.28. The van der Waals surface area contributed by atoms with E-state index < -0.39 is 5.60 Å². The zero-order chi connectivity index (χ0) is 22.2. The Labute approximate surface area is 181 Å². The van der Waals surface area contributed by atoms with E-state index in [-0.39, 0.29) is 17.8 Å². The van der Waals surface area contributed by atoms with Crippen LogP contribution in [-0.2, 0) is 4.74 Å². The highest BCUT2D eigenvalue weighted by Crippen LogP contribution is 2.33. The van der Waals surface area contributed by atoms with E-state index >= 15 is 0 Å². The number of aromatic nitrogens is 3. The topological polar surface area (TPSA) is 83.1 Å². The molecule has 1 amide bonds. The minimum atomic E-state index is -0.511. The molecule has 3 aromatic rings. The molecule has 0 aliphatic carbocycles. The van der Waals surface area contributed by atoms with Crippen LogP contribution >= 0.6 is 0 Å². The van der Waals surface area contributed by atoms with Crippen molar-refractivity contribution in [1.82, 2.24) is 20.1 Å². The largest absolute Gasteiger partial charge is 0.444 e. The van der Waals surface area contributed by atoms with E-state index in [0.717, 1.165) is 35.0 Å². The summed E-state index contributed by atoms with van der Waals surface area (Å²) >= 11 is 0. The number of amides is 1. The lowest BCUT2D eigenvalue weighted by atomic mass is 9.92. The molecule has 0 unspecified atom stereocenters. The van der Waals surface area contributed by atoms with Gasteiger partial charge in [-0.05, 0) is 70.2 Å². The number of nitrogens with zero attached hydrogens (tertiary/aromatic N) is 3. The van der Waals surface area contributed by atoms with Crippen LogP contribution in [0.4, 0.5) is 20.8 Å². The zero-order valence-electron chi connectivity index (χ0n) is 18.3. The van der Waals surface area contributed by atoms with Crippen LogP contribution in [0.2, 0.25) is 0 Å². The van der Waals surface area contributed by atoms with Crippen molar-refractivity contribution in [3.8, 4) is 0 Å². The van der Waals surface area contributed by atoms with Crippen LogP contribution in [0.15, 0.2) is 30.3 Å². The fourth-order valence-electron chi connectivity index (χ4n) is 3.84. The van der Waals surface area contributed by atoms with Crippen molar-refractivity contribution in [3.63, 3.8) is 0 Å². The number of hydrogen-bond donors (Lipinski definition) is 2. The van der Waals surface area contributed by atoms with E-state index in [9.17, 15) is 9.18 Å². The van der Waals surface area contributed by atoms with Crippen LogP contribution in [0.3, 0.4) is 0 Å². The van der Waals surface area contributed by atoms with Gasteiger partial charge in [0.2, 0.25) is 0 Å². The van der Waals surface area contributed by atoms with E-state index in [1.54, 1.807) is 11.0 Å². The minimum Gasteiger partial charge on any atom is -0.444 e. The molecule has 1 aliphatic rings. The van der Waals surface area contributed by atoms with Crippen LogP contribution in [0.5, 0.6) is 0 Å². The van der Waals surface area contributed by atoms with Crippen molar-refractivity contribution in [1.29, 1.82) is 0 Å². The predicted molar refractivity (Wildman–Crippen MR) is 118 cm³/mol. The second kappa shape index (κ2) is 8.17. The molecule has 0 bridgehead atoms. The van der Waals surface area contributed by atoms with Gasteiger partial charge in [-0.3, -0.25) is 5.10 Å². The van der Waals surface area contributed by atoms with Gasteiger partial charge in [-0.2, -0.15) is 5.10 Å². The summed E-state index contributed by atoms with van der Waals surface area (Å²) in [7, 11) is 0. The molecule has 0 saturated carbocycles. The van der Waals surface area contributed by atoms with Crippen molar-refractivity contribution < 1.29 is 13.9 Å². The summed E-state index contributed by atoms with van der Waals surface area (Å²) in [5.41, 5.74) is 1.31. The average Bonchev–Trinajstić information content (AvgIpc) is 3.11. The van der Waals surface area contributed by atoms with Gasteiger partial charge < -0.3 is 15.0 Å². The molecule has 8 heteroatoms. The average molecular weight is 426 g/mol. The van der Waals surface area contributed by atoms with E-state index in [0.29, 0.717) is 24.7 Å². The molecular formula is C23H28FN5O2. The summed E-state index contributed by atoms with van der Waals surface area (Å²) in [5.74, 6) is 1.19. The molecule has 1 aliphatic heterocycles. The Bertz CT molecular complexity index is 1100. The van der Waals surface area contributed by atoms with E-state index in [2.05, 4.69) is 15.5 Å². The maximum absolute atomic E-state index is 13.9. The number of halogens is 1. The van der Waals surface area contributed by atoms with Crippen LogP contribution in [0, 0.1) is 12.7 Å². The van der Waals surface area contributed by atoms with Crippen LogP contribution in [0.25, 0.3) is 10.8 Å². The maximum atomic E-state index is 13.9. The third kappa shape index (κ3) is 4.95. The first-order valence-electron chi connectivity index (χ1n) is 10.5. The Morgan fingerprint density at radius 1 is 1.23 bits per heavy atom. The molecule has 2 N–H and O–H groups in total. The van der Waals surface area contributed by atoms with Crippen molar-refractivity contribution in [3.05, 3.63) is 47.5 Å². The Morgan fingerprint density at radius 3 is 2.61 bits per heavy atom. The maximum Gasteiger partial charge on any atom is 0.410 e. The number of piperidine rings is 1. The lowest BCUT2D eigenvalue weighted by molar-refractivity contribution is 0.0204. The molecule has 164 valence electrons. The summed E-state index contributed by atoms with van der Waals surface area (Å²) < 4.78 is 19.4. The molecule has 31 heavy (non-hydrogen) atoms. The number of nitrogens with one attached hydrogen (secondary N) is 2. The molecule has 0 atom stereocenters. The summed E-state index contributed by atoms with van der Waals surface area (Å²) in [6, 6.07) is 8.53. The Morgan fingerprint density at radius 2 is 1.97 bits per heavy atom. The standard InChI is InChI=1S/C23H28FN5O2/c1-14-11-20(28-27-14)26-21-18-6-5-17(24)12-16(18)13-19(25-21)15-7-9-29(10-8-15)22(30)31-23(2,3)4/h5-6,11-13,15H,7-10H2,1-4H3,(H2,25,26,27,28). The number of hydrogen-bond acceptors (Lipinski definition) is 5. The van der Waals surface area contributed by atoms with Gasteiger partial charge in [0.05, 0.1) is 0 Å². The first kappa shape index (κ1) is 21.1. The van der Waals surface area contributed by atoms with Crippen molar-refractivity contribution in [2.75, 3.05) is 18.4 Å². The summed E-state index contributed by atoms with van der Waals surface area (Å²) in [4.78, 5) is 19.0. The Kier molecular flexibility index (Phi) is 5.56. The second-order valence-electron chi connectivity index (χ2n) is 9.06. The van der Waals surface area contributed by atoms with Gasteiger partial charge >= 0.3 is 6.09 Å². The molecule has 4 rings (SSSR count). The van der Waals surface area contributed by atoms with Gasteiger partial charge in [0.25, 0.3) is 0 Å². The fraction of sp³-hybridized carbons (Fsp3) is 0.435. The number of likely N-dealkylation sites (tertiary alicyclic amines) is 1. The highest BCUT2D eigenvalue weighted by molar-refractivity contribution is 5.93. The summed E-state index contributed by atoms with van der Waals surface area (Å²) in [6.45, 7) is 8.73. The van der Waals surface area contributed by atoms with Gasteiger partial charge in [0.1, 0.15) is 17.2 Å². The number of aromatic amines is 1. The zero-order valence-corrected chi connectivity index (χ0v) is 18.3. The summed E-state index contributed by atoms with van der Waals surface area (Å²) in [6.07, 6.45) is 1.26. The number of anilines is 2. The Hall–Kier alpha value is -3.16. The molecule has 1 fully saturated rings. The molecule has 0 spiro atoms. The van der Waals surface area contributed by atoms with Gasteiger partial charge in [0, 0.05) is 41.8 Å². The molecular weight excluding hydrogens is 397 g/mol. The number of aryl methyl sites for hydroxylation is 1. The first-order valence-corrected chi connectivity index (χ1v) is 10.5. The molecule has 0 radical (unpaired) electrons. The molecule has 1 aromatic carbocycles. The van der Waals surface area contributed by atoms with Crippen molar-refractivity contribution in [2.45, 2.75) is 52.1 Å². The number of rotatable bonds is 3. The van der Waals surface area contributed by atoms with E-state index in [1.165, 1.54) is 12.1 Å². The fourth-order valence-corrected chi connectivity index (χ4v) is 3.84. The van der Waals surface area contributed by atoms with Crippen LogP contribution in [0.1, 0.15) is 50.9 Å². The minimum absolute atomic E-state index is 0.174. The molecule has 3 heterocycles. The smallest absolute Gasteiger partial charge is 0.410 e. The summed E-state index contributed by atoms with van der Waals surface area (Å²) in [5, 5.41) is 12.0. The quantitative estimate of drug-likeness (QED) is 0.598. The number of H-pyrrole nitrogens is 1. The Balaban J connectivity index is 1.57. The molecule has 1 saturated heterocycles. The first-order chi connectivity index (χ1) is 14.7. The monoisotopic (exact) mass is 425 g/mol. The van der Waals surface area contributed by atoms with Crippen LogP contribution < -0.4 is 5.32 Å². The number of fused-ring (bicyclic) bond motifs is 1. The van der Waals surface area contributed by atoms with Gasteiger partial charge in [-0.15, -0.1) is 0 Å². The number of ether oxygens (including phenoxy) is 1. The number of pyridine rings is 1. The van der Waals surface area contributed by atoms with Gasteiger partial charge in [0.15, 0.2) is 5.82 Å². The normalized spacial score (nSPS) is 15.3. The van der Waals surface area contributed by atoms with Gasteiger partial charge in [-0.25, -0.2) is 14.2 Å². The lowest BCUT2D eigenvalue weighted by Gasteiger charge is -2.33.